The van der Waals surface area contributed by atoms with Gasteiger partial charge in [-0.15, -0.1) is 5.10 Å². The molecule has 26 heavy (non-hydrogen) atoms. The Hall–Kier alpha value is -2.71. The molecule has 0 atom stereocenters. The minimum Gasteiger partial charge on any atom is -0.301 e. The molecule has 1 amide bonds. The first kappa shape index (κ1) is 16.7. The number of fused-ring (bicyclic) bond motifs is 1. The van der Waals surface area contributed by atoms with Crippen LogP contribution in [0, 0.1) is 6.92 Å². The van der Waals surface area contributed by atoms with Crippen LogP contribution in [0.1, 0.15) is 5.56 Å². The molecular formula is C18H15N5OS2. The van der Waals surface area contributed by atoms with Crippen molar-refractivity contribution in [1.82, 2.24) is 20.2 Å². The van der Waals surface area contributed by atoms with Crippen LogP contribution in [0.2, 0.25) is 0 Å². The lowest BCUT2D eigenvalue weighted by Gasteiger charge is -2.00. The average molecular weight is 381 g/mol. The number of aromatic nitrogens is 4. The van der Waals surface area contributed by atoms with Gasteiger partial charge in [-0.1, -0.05) is 59.5 Å². The Labute approximate surface area is 158 Å². The molecule has 0 bridgehead atoms. The zero-order valence-corrected chi connectivity index (χ0v) is 15.5. The van der Waals surface area contributed by atoms with E-state index in [0.717, 1.165) is 21.3 Å². The first-order chi connectivity index (χ1) is 12.7. The molecular weight excluding hydrogens is 366 g/mol. The average Bonchev–Trinajstić information content (AvgIpc) is 3.26. The van der Waals surface area contributed by atoms with Crippen molar-refractivity contribution in [2.75, 3.05) is 11.1 Å². The number of aromatic amines is 1. The van der Waals surface area contributed by atoms with Gasteiger partial charge in [-0.3, -0.25) is 9.89 Å². The van der Waals surface area contributed by atoms with E-state index in [9.17, 15) is 4.79 Å². The van der Waals surface area contributed by atoms with E-state index in [4.69, 9.17) is 0 Å². The Kier molecular flexibility index (Phi) is 4.68. The molecule has 0 saturated carbocycles. The third-order valence-electron chi connectivity index (χ3n) is 3.74. The number of nitrogens with zero attached hydrogens (tertiary/aromatic N) is 3. The second-order valence-corrected chi connectivity index (χ2v) is 7.58. The number of aryl methyl sites for hydroxylation is 1. The highest BCUT2D eigenvalue weighted by atomic mass is 32.2. The number of para-hydroxylation sites is 1. The minimum absolute atomic E-state index is 0.128. The maximum absolute atomic E-state index is 12.2. The maximum Gasteiger partial charge on any atom is 0.236 e. The van der Waals surface area contributed by atoms with Crippen LogP contribution >= 0.6 is 23.1 Å². The second-order valence-electron chi connectivity index (χ2n) is 5.61. The summed E-state index contributed by atoms with van der Waals surface area (Å²) in [7, 11) is 0. The lowest BCUT2D eigenvalue weighted by molar-refractivity contribution is -0.113. The fraction of sp³-hybridized carbons (Fsp3) is 0.111. The van der Waals surface area contributed by atoms with Crippen LogP contribution in [0.3, 0.4) is 0 Å². The van der Waals surface area contributed by atoms with Crippen LogP contribution in [0.5, 0.6) is 0 Å². The van der Waals surface area contributed by atoms with Crippen LogP contribution in [-0.4, -0.2) is 31.8 Å². The van der Waals surface area contributed by atoms with Gasteiger partial charge in [0, 0.05) is 5.56 Å². The Bertz CT molecular complexity index is 1040. The number of rotatable bonds is 5. The molecule has 0 saturated heterocycles. The summed E-state index contributed by atoms with van der Waals surface area (Å²) in [5.41, 5.74) is 3.01. The van der Waals surface area contributed by atoms with Crippen molar-refractivity contribution in [2.45, 2.75) is 12.1 Å². The van der Waals surface area contributed by atoms with E-state index in [0.29, 0.717) is 16.1 Å². The fourth-order valence-electron chi connectivity index (χ4n) is 2.48. The first-order valence-corrected chi connectivity index (χ1v) is 9.76. The van der Waals surface area contributed by atoms with Crippen molar-refractivity contribution in [3.63, 3.8) is 0 Å². The monoisotopic (exact) mass is 381 g/mol. The Morgan fingerprint density at radius 1 is 1.15 bits per heavy atom. The van der Waals surface area contributed by atoms with Gasteiger partial charge < -0.3 is 5.32 Å². The largest absolute Gasteiger partial charge is 0.301 e. The normalized spacial score (nSPS) is 11.0. The van der Waals surface area contributed by atoms with E-state index >= 15 is 0 Å². The lowest BCUT2D eigenvalue weighted by Crippen LogP contribution is -2.13. The van der Waals surface area contributed by atoms with Gasteiger partial charge in [0.15, 0.2) is 11.0 Å². The quantitative estimate of drug-likeness (QED) is 0.508. The van der Waals surface area contributed by atoms with E-state index in [2.05, 4.69) is 25.5 Å². The van der Waals surface area contributed by atoms with E-state index < -0.39 is 0 Å². The highest BCUT2D eigenvalue weighted by molar-refractivity contribution is 7.99. The van der Waals surface area contributed by atoms with E-state index in [1.165, 1.54) is 23.1 Å². The molecule has 0 aliphatic rings. The van der Waals surface area contributed by atoms with Gasteiger partial charge in [-0.25, -0.2) is 9.97 Å². The molecule has 0 radical (unpaired) electrons. The van der Waals surface area contributed by atoms with Gasteiger partial charge in [0.25, 0.3) is 0 Å². The predicted octanol–water partition coefficient (Wildman–Crippen LogP) is 4.12. The SMILES string of the molecule is Cc1ccccc1-c1nc(SCC(=O)Nc2nc3ccccc3s2)n[nH]1. The van der Waals surface area contributed by atoms with Crippen LogP contribution in [-0.2, 0) is 4.79 Å². The number of anilines is 1. The number of hydrogen-bond acceptors (Lipinski definition) is 6. The van der Waals surface area contributed by atoms with Crippen molar-refractivity contribution in [2.24, 2.45) is 0 Å². The highest BCUT2D eigenvalue weighted by Gasteiger charge is 2.12. The van der Waals surface area contributed by atoms with E-state index in [-0.39, 0.29) is 11.7 Å². The fourth-order valence-corrected chi connectivity index (χ4v) is 3.96. The summed E-state index contributed by atoms with van der Waals surface area (Å²) in [6.07, 6.45) is 0. The molecule has 0 unspecified atom stereocenters. The molecule has 2 heterocycles. The van der Waals surface area contributed by atoms with Gasteiger partial charge in [0.2, 0.25) is 11.1 Å². The van der Waals surface area contributed by atoms with Gasteiger partial charge in [-0.05, 0) is 24.6 Å². The first-order valence-electron chi connectivity index (χ1n) is 7.96. The molecule has 0 aliphatic heterocycles. The summed E-state index contributed by atoms with van der Waals surface area (Å²) in [5.74, 6) is 0.801. The summed E-state index contributed by atoms with van der Waals surface area (Å²) < 4.78 is 1.05. The molecule has 8 heteroatoms. The van der Waals surface area contributed by atoms with Crippen molar-refractivity contribution in [3.8, 4) is 11.4 Å². The number of benzene rings is 2. The number of thiazole rings is 1. The Morgan fingerprint density at radius 2 is 1.96 bits per heavy atom. The smallest absolute Gasteiger partial charge is 0.236 e. The predicted molar refractivity (Wildman–Crippen MR) is 106 cm³/mol. The minimum atomic E-state index is -0.128. The summed E-state index contributed by atoms with van der Waals surface area (Å²) in [5, 5.41) is 11.1. The van der Waals surface area contributed by atoms with Crippen molar-refractivity contribution < 1.29 is 4.79 Å². The molecule has 4 aromatic rings. The van der Waals surface area contributed by atoms with Gasteiger partial charge in [-0.2, -0.15) is 0 Å². The molecule has 0 spiro atoms. The Balaban J connectivity index is 1.38. The van der Waals surface area contributed by atoms with Crippen LogP contribution in [0.25, 0.3) is 21.6 Å². The lowest BCUT2D eigenvalue weighted by atomic mass is 10.1. The molecule has 130 valence electrons. The molecule has 0 aliphatic carbocycles. The van der Waals surface area contributed by atoms with Crippen LogP contribution in [0.4, 0.5) is 5.13 Å². The van der Waals surface area contributed by atoms with Crippen molar-refractivity contribution in [3.05, 3.63) is 54.1 Å². The molecule has 4 rings (SSSR count). The number of thioether (sulfide) groups is 1. The van der Waals surface area contributed by atoms with Crippen LogP contribution < -0.4 is 5.32 Å². The summed E-state index contributed by atoms with van der Waals surface area (Å²) in [6.45, 7) is 2.02. The number of H-pyrrole nitrogens is 1. The van der Waals surface area contributed by atoms with Gasteiger partial charge in [0.1, 0.15) is 0 Å². The third-order valence-corrected chi connectivity index (χ3v) is 5.54. The van der Waals surface area contributed by atoms with Crippen molar-refractivity contribution in [1.29, 1.82) is 0 Å². The number of amides is 1. The number of hydrogen-bond donors (Lipinski definition) is 2. The number of nitrogens with one attached hydrogen (secondary N) is 2. The standard InChI is InChI=1S/C18H15N5OS2/c1-11-6-2-3-7-12(11)16-21-18(23-22-16)25-10-15(24)20-17-19-13-8-4-5-9-14(13)26-17/h2-9H,10H2,1H3,(H,19,20,24)(H,21,22,23). The molecule has 2 N–H and O–H groups in total. The van der Waals surface area contributed by atoms with Crippen molar-refractivity contribution >= 4 is 44.4 Å². The number of carbonyl (C=O) groups excluding carboxylic acids is 1. The second kappa shape index (κ2) is 7.27. The molecule has 2 aromatic carbocycles. The Morgan fingerprint density at radius 3 is 2.81 bits per heavy atom. The maximum atomic E-state index is 12.2. The topological polar surface area (TPSA) is 83.6 Å². The van der Waals surface area contributed by atoms with Gasteiger partial charge >= 0.3 is 0 Å². The van der Waals surface area contributed by atoms with E-state index in [1.807, 2.05) is 55.5 Å². The molecule has 6 nitrogen and oxygen atoms in total. The summed E-state index contributed by atoms with van der Waals surface area (Å²) >= 11 is 2.75. The van der Waals surface area contributed by atoms with Crippen LogP contribution in [0.15, 0.2) is 53.7 Å². The zero-order chi connectivity index (χ0) is 17.9. The number of carbonyl (C=O) groups is 1. The van der Waals surface area contributed by atoms with Gasteiger partial charge in [0.05, 0.1) is 16.0 Å². The summed E-state index contributed by atoms with van der Waals surface area (Å²) in [6, 6.07) is 15.8. The molecule has 2 aromatic heterocycles. The molecule has 0 fully saturated rings. The third kappa shape index (κ3) is 3.61. The zero-order valence-electron chi connectivity index (χ0n) is 13.9. The summed E-state index contributed by atoms with van der Waals surface area (Å²) in [4.78, 5) is 21.0. The van der Waals surface area contributed by atoms with E-state index in [1.54, 1.807) is 0 Å². The highest BCUT2D eigenvalue weighted by Crippen LogP contribution is 2.26.